The lowest BCUT2D eigenvalue weighted by atomic mass is 10.1. The highest BCUT2D eigenvalue weighted by molar-refractivity contribution is 6.22. The minimum atomic E-state index is -0.319. The third-order valence-corrected chi connectivity index (χ3v) is 4.65. The number of benzene rings is 2. The molecular weight excluding hydrogens is 342 g/mol. The molecule has 6 heteroatoms. The zero-order chi connectivity index (χ0) is 19.4. The second kappa shape index (κ2) is 8.03. The van der Waals surface area contributed by atoms with Crippen LogP contribution in [-0.2, 0) is 6.42 Å². The summed E-state index contributed by atoms with van der Waals surface area (Å²) in [6.45, 7) is 2.88. The molecule has 0 atom stereocenters. The van der Waals surface area contributed by atoms with Gasteiger partial charge in [0.15, 0.2) is 0 Å². The average Bonchev–Trinajstić information content (AvgIpc) is 2.91. The molecule has 0 aliphatic carbocycles. The molecule has 0 radical (unpaired) electrons. The van der Waals surface area contributed by atoms with Gasteiger partial charge in [0.1, 0.15) is 0 Å². The summed E-state index contributed by atoms with van der Waals surface area (Å²) < 4.78 is 0. The molecule has 0 aromatic heterocycles. The maximum atomic E-state index is 12.5. The molecular formula is C21H23N3O3. The summed E-state index contributed by atoms with van der Waals surface area (Å²) in [6, 6.07) is 12.2. The van der Waals surface area contributed by atoms with Gasteiger partial charge in [-0.05, 0) is 48.7 Å². The SMILES string of the molecule is CCCCN1C(=O)c2ccc(C(=O)NCCc3ccc(N)cc3)cc2C1=O. The smallest absolute Gasteiger partial charge is 0.261 e. The number of carbonyl (C=O) groups is 3. The van der Waals surface area contributed by atoms with Crippen LogP contribution in [0.1, 0.15) is 56.4 Å². The van der Waals surface area contributed by atoms with Crippen LogP contribution in [0.5, 0.6) is 0 Å². The molecule has 0 saturated carbocycles. The van der Waals surface area contributed by atoms with Gasteiger partial charge in [0.2, 0.25) is 0 Å². The van der Waals surface area contributed by atoms with Crippen molar-refractivity contribution in [2.75, 3.05) is 18.8 Å². The second-order valence-corrected chi connectivity index (χ2v) is 6.62. The molecule has 6 nitrogen and oxygen atoms in total. The molecule has 3 rings (SSSR count). The first-order valence-electron chi connectivity index (χ1n) is 9.14. The highest BCUT2D eigenvalue weighted by Gasteiger charge is 2.35. The number of hydrogen-bond acceptors (Lipinski definition) is 4. The normalized spacial score (nSPS) is 13.0. The lowest BCUT2D eigenvalue weighted by Gasteiger charge is -2.12. The molecule has 140 valence electrons. The predicted octanol–water partition coefficient (Wildman–Crippen LogP) is 2.64. The van der Waals surface area contributed by atoms with E-state index < -0.39 is 0 Å². The third kappa shape index (κ3) is 4.00. The van der Waals surface area contributed by atoms with Gasteiger partial charge in [-0.3, -0.25) is 19.3 Å². The van der Waals surface area contributed by atoms with Crippen molar-refractivity contribution < 1.29 is 14.4 Å². The number of fused-ring (bicyclic) bond motifs is 1. The molecule has 3 N–H and O–H groups in total. The van der Waals surface area contributed by atoms with Crippen LogP contribution in [0.2, 0.25) is 0 Å². The summed E-state index contributed by atoms with van der Waals surface area (Å²) in [5.74, 6) is -0.862. The van der Waals surface area contributed by atoms with Gasteiger partial charge in [-0.2, -0.15) is 0 Å². The summed E-state index contributed by atoms with van der Waals surface area (Å²) in [5.41, 5.74) is 8.49. The third-order valence-electron chi connectivity index (χ3n) is 4.65. The van der Waals surface area contributed by atoms with Crippen molar-refractivity contribution in [1.82, 2.24) is 10.2 Å². The van der Waals surface area contributed by atoms with Gasteiger partial charge in [-0.1, -0.05) is 25.5 Å². The van der Waals surface area contributed by atoms with E-state index >= 15 is 0 Å². The largest absolute Gasteiger partial charge is 0.399 e. The van der Waals surface area contributed by atoms with Crippen molar-refractivity contribution in [3.8, 4) is 0 Å². The van der Waals surface area contributed by atoms with Gasteiger partial charge in [0.05, 0.1) is 11.1 Å². The van der Waals surface area contributed by atoms with Crippen molar-refractivity contribution in [1.29, 1.82) is 0 Å². The van der Waals surface area contributed by atoms with Crippen molar-refractivity contribution in [3.05, 3.63) is 64.7 Å². The van der Waals surface area contributed by atoms with E-state index in [1.54, 1.807) is 12.1 Å². The van der Waals surface area contributed by atoms with Crippen molar-refractivity contribution in [2.24, 2.45) is 0 Å². The Morgan fingerprint density at radius 1 is 1.04 bits per heavy atom. The number of imide groups is 1. The number of amides is 3. The Labute approximate surface area is 158 Å². The molecule has 0 spiro atoms. The molecule has 27 heavy (non-hydrogen) atoms. The number of nitrogen functional groups attached to an aromatic ring is 1. The maximum Gasteiger partial charge on any atom is 0.261 e. The van der Waals surface area contributed by atoms with Gasteiger partial charge in [-0.15, -0.1) is 0 Å². The van der Waals surface area contributed by atoms with Crippen molar-refractivity contribution in [3.63, 3.8) is 0 Å². The lowest BCUT2D eigenvalue weighted by molar-refractivity contribution is 0.0652. The maximum absolute atomic E-state index is 12.5. The van der Waals surface area contributed by atoms with Crippen LogP contribution in [0.15, 0.2) is 42.5 Å². The first-order valence-corrected chi connectivity index (χ1v) is 9.14. The number of carbonyl (C=O) groups excluding carboxylic acids is 3. The molecule has 1 aliphatic rings. The van der Waals surface area contributed by atoms with Crippen LogP contribution in [0.3, 0.4) is 0 Å². The van der Waals surface area contributed by atoms with Crippen LogP contribution in [-0.4, -0.2) is 35.7 Å². The number of anilines is 1. The molecule has 0 unspecified atom stereocenters. The fourth-order valence-electron chi connectivity index (χ4n) is 3.06. The van der Waals surface area contributed by atoms with E-state index in [1.165, 1.54) is 11.0 Å². The topological polar surface area (TPSA) is 92.5 Å². The summed E-state index contributed by atoms with van der Waals surface area (Å²) in [6.07, 6.45) is 2.35. The number of rotatable bonds is 7. The Bertz CT molecular complexity index is 875. The van der Waals surface area contributed by atoms with E-state index in [0.29, 0.717) is 41.9 Å². The quantitative estimate of drug-likeness (QED) is 0.583. The monoisotopic (exact) mass is 365 g/mol. The lowest BCUT2D eigenvalue weighted by Crippen LogP contribution is -2.30. The van der Waals surface area contributed by atoms with E-state index in [9.17, 15) is 14.4 Å². The van der Waals surface area contributed by atoms with E-state index in [0.717, 1.165) is 18.4 Å². The number of nitrogens with two attached hydrogens (primary N) is 1. The first-order chi connectivity index (χ1) is 13.0. The van der Waals surface area contributed by atoms with Crippen molar-refractivity contribution in [2.45, 2.75) is 26.2 Å². The van der Waals surface area contributed by atoms with Gasteiger partial charge < -0.3 is 11.1 Å². The number of nitrogens with zero attached hydrogens (tertiary/aromatic N) is 1. The Morgan fingerprint density at radius 2 is 1.74 bits per heavy atom. The fraction of sp³-hybridized carbons (Fsp3) is 0.286. The zero-order valence-corrected chi connectivity index (χ0v) is 15.3. The second-order valence-electron chi connectivity index (χ2n) is 6.62. The molecule has 2 aromatic carbocycles. The Morgan fingerprint density at radius 3 is 2.44 bits per heavy atom. The summed E-state index contributed by atoms with van der Waals surface area (Å²) >= 11 is 0. The van der Waals surface area contributed by atoms with Crippen LogP contribution in [0, 0.1) is 0 Å². The predicted molar refractivity (Wildman–Crippen MR) is 104 cm³/mol. The van der Waals surface area contributed by atoms with Gasteiger partial charge >= 0.3 is 0 Å². The zero-order valence-electron chi connectivity index (χ0n) is 15.3. The van der Waals surface area contributed by atoms with Crippen LogP contribution >= 0.6 is 0 Å². The molecule has 1 heterocycles. The van der Waals surface area contributed by atoms with E-state index in [1.807, 2.05) is 31.2 Å². The van der Waals surface area contributed by atoms with Crippen LogP contribution in [0.25, 0.3) is 0 Å². The minimum absolute atomic E-state index is 0.263. The molecule has 3 amide bonds. The average molecular weight is 365 g/mol. The van der Waals surface area contributed by atoms with Gasteiger partial charge in [-0.25, -0.2) is 0 Å². The molecule has 0 fully saturated rings. The molecule has 1 aliphatic heterocycles. The number of unbranched alkanes of at least 4 members (excludes halogenated alkanes) is 1. The summed E-state index contributed by atoms with van der Waals surface area (Å²) in [5, 5.41) is 2.84. The highest BCUT2D eigenvalue weighted by atomic mass is 16.2. The number of nitrogens with one attached hydrogen (secondary N) is 1. The van der Waals surface area contributed by atoms with Gasteiger partial charge in [0, 0.05) is 24.3 Å². The van der Waals surface area contributed by atoms with Crippen molar-refractivity contribution >= 4 is 23.4 Å². The summed E-state index contributed by atoms with van der Waals surface area (Å²) in [4.78, 5) is 38.5. The summed E-state index contributed by atoms with van der Waals surface area (Å²) in [7, 11) is 0. The van der Waals surface area contributed by atoms with Crippen LogP contribution in [0.4, 0.5) is 5.69 Å². The first kappa shape index (κ1) is 18.6. The van der Waals surface area contributed by atoms with Gasteiger partial charge in [0.25, 0.3) is 17.7 Å². The standard InChI is InChI=1S/C21H23N3O3/c1-2-3-12-24-20(26)17-9-6-15(13-18(17)21(24)27)19(25)23-11-10-14-4-7-16(22)8-5-14/h4-9,13H,2-3,10-12,22H2,1H3,(H,23,25). The highest BCUT2D eigenvalue weighted by Crippen LogP contribution is 2.24. The Hall–Kier alpha value is -3.15. The Kier molecular flexibility index (Phi) is 5.54. The fourth-order valence-corrected chi connectivity index (χ4v) is 3.06. The Balaban J connectivity index is 1.64. The molecule has 0 saturated heterocycles. The number of hydrogen-bond donors (Lipinski definition) is 2. The minimum Gasteiger partial charge on any atom is -0.399 e. The van der Waals surface area contributed by atoms with Crippen LogP contribution < -0.4 is 11.1 Å². The van der Waals surface area contributed by atoms with E-state index in [4.69, 9.17) is 5.73 Å². The molecule has 0 bridgehead atoms. The van der Waals surface area contributed by atoms with E-state index in [-0.39, 0.29) is 17.7 Å². The molecule has 2 aromatic rings. The van der Waals surface area contributed by atoms with E-state index in [2.05, 4.69) is 5.32 Å².